The lowest BCUT2D eigenvalue weighted by Crippen LogP contribution is -2.39. The summed E-state index contributed by atoms with van der Waals surface area (Å²) in [6.07, 6.45) is 0. The molecule has 0 heterocycles. The first-order valence-corrected chi connectivity index (χ1v) is 7.24. The molecule has 5 heteroatoms. The molecule has 5 nitrogen and oxygen atoms in total. The van der Waals surface area contributed by atoms with Gasteiger partial charge in [-0.1, -0.05) is 6.07 Å². The third-order valence-corrected chi connectivity index (χ3v) is 3.58. The number of rotatable bonds is 9. The van der Waals surface area contributed by atoms with Crippen molar-refractivity contribution in [3.8, 4) is 11.5 Å². The van der Waals surface area contributed by atoms with Gasteiger partial charge in [0.2, 0.25) is 0 Å². The molecule has 1 aromatic carbocycles. The summed E-state index contributed by atoms with van der Waals surface area (Å²) in [6.45, 7) is 6.63. The van der Waals surface area contributed by atoms with Gasteiger partial charge in [-0.15, -0.1) is 0 Å². The second-order valence-electron chi connectivity index (χ2n) is 5.30. The molecule has 0 spiro atoms. The Morgan fingerprint density at radius 3 is 2.38 bits per heavy atom. The molecule has 2 N–H and O–H groups in total. The molecule has 0 bridgehead atoms. The summed E-state index contributed by atoms with van der Waals surface area (Å²) < 4.78 is 15.8. The summed E-state index contributed by atoms with van der Waals surface area (Å²) in [7, 11) is 5.00. The molecule has 0 amide bonds. The van der Waals surface area contributed by atoms with Gasteiger partial charge in [0, 0.05) is 43.9 Å². The fraction of sp³-hybridized carbons (Fsp3) is 0.625. The van der Waals surface area contributed by atoms with Crippen LogP contribution in [0.2, 0.25) is 0 Å². The topological polar surface area (TPSA) is 57.0 Å². The highest BCUT2D eigenvalue weighted by atomic mass is 16.5. The van der Waals surface area contributed by atoms with E-state index >= 15 is 0 Å². The maximum atomic E-state index is 6.37. The van der Waals surface area contributed by atoms with Crippen LogP contribution in [0.15, 0.2) is 18.2 Å². The van der Waals surface area contributed by atoms with Gasteiger partial charge < -0.3 is 19.9 Å². The van der Waals surface area contributed by atoms with Crippen LogP contribution in [0.5, 0.6) is 11.5 Å². The van der Waals surface area contributed by atoms with E-state index in [2.05, 4.69) is 18.7 Å². The van der Waals surface area contributed by atoms with Crippen molar-refractivity contribution in [2.75, 3.05) is 41.0 Å². The maximum absolute atomic E-state index is 6.37. The van der Waals surface area contributed by atoms with E-state index in [4.69, 9.17) is 19.9 Å². The van der Waals surface area contributed by atoms with Gasteiger partial charge in [0.25, 0.3) is 0 Å². The first-order valence-electron chi connectivity index (χ1n) is 7.24. The average Bonchev–Trinajstić information content (AvgIpc) is 2.50. The molecule has 1 unspecified atom stereocenters. The summed E-state index contributed by atoms with van der Waals surface area (Å²) in [5, 5.41) is 0. The third-order valence-electron chi connectivity index (χ3n) is 3.58. The summed E-state index contributed by atoms with van der Waals surface area (Å²) in [4.78, 5) is 2.30. The zero-order valence-electron chi connectivity index (χ0n) is 13.8. The summed E-state index contributed by atoms with van der Waals surface area (Å²) in [5.41, 5.74) is 7.36. The first kappa shape index (κ1) is 17.8. The van der Waals surface area contributed by atoms with Crippen molar-refractivity contribution in [2.24, 2.45) is 5.73 Å². The SMILES string of the molecule is COCCN(CC(N)c1ccc(OC)cc1OC)C(C)C. The van der Waals surface area contributed by atoms with Crippen molar-refractivity contribution in [3.05, 3.63) is 23.8 Å². The number of nitrogens with two attached hydrogens (primary N) is 1. The van der Waals surface area contributed by atoms with Crippen molar-refractivity contribution in [1.29, 1.82) is 0 Å². The van der Waals surface area contributed by atoms with Gasteiger partial charge in [0.15, 0.2) is 0 Å². The number of hydrogen-bond acceptors (Lipinski definition) is 5. The molecule has 1 aromatic rings. The number of hydrogen-bond donors (Lipinski definition) is 1. The minimum atomic E-state index is -0.120. The molecule has 120 valence electrons. The Hall–Kier alpha value is -1.30. The molecule has 0 aliphatic heterocycles. The van der Waals surface area contributed by atoms with Crippen LogP contribution in [0.1, 0.15) is 25.5 Å². The molecule has 0 radical (unpaired) electrons. The number of methoxy groups -OCH3 is 3. The Kier molecular flexibility index (Phi) is 7.50. The average molecular weight is 296 g/mol. The van der Waals surface area contributed by atoms with Crippen LogP contribution in [-0.4, -0.2) is 52.0 Å². The van der Waals surface area contributed by atoms with Crippen molar-refractivity contribution >= 4 is 0 Å². The highest BCUT2D eigenvalue weighted by Gasteiger charge is 2.18. The predicted octanol–water partition coefficient (Wildman–Crippen LogP) is 2.06. The van der Waals surface area contributed by atoms with Gasteiger partial charge in [-0.2, -0.15) is 0 Å². The number of nitrogens with zero attached hydrogens (tertiary/aromatic N) is 1. The predicted molar refractivity (Wildman–Crippen MR) is 85.1 cm³/mol. The van der Waals surface area contributed by atoms with Gasteiger partial charge in [-0.3, -0.25) is 4.90 Å². The van der Waals surface area contributed by atoms with Gasteiger partial charge >= 0.3 is 0 Å². The zero-order valence-corrected chi connectivity index (χ0v) is 13.8. The Morgan fingerprint density at radius 1 is 1.14 bits per heavy atom. The summed E-state index contributed by atoms with van der Waals surface area (Å²) >= 11 is 0. The minimum absolute atomic E-state index is 0.120. The van der Waals surface area contributed by atoms with Crippen molar-refractivity contribution in [2.45, 2.75) is 25.9 Å². The van der Waals surface area contributed by atoms with Crippen molar-refractivity contribution in [1.82, 2.24) is 4.90 Å². The van der Waals surface area contributed by atoms with E-state index in [1.54, 1.807) is 21.3 Å². The molecule has 0 aromatic heterocycles. The molecule has 21 heavy (non-hydrogen) atoms. The van der Waals surface area contributed by atoms with E-state index in [0.717, 1.165) is 30.2 Å². The third kappa shape index (κ3) is 5.19. The summed E-state index contributed by atoms with van der Waals surface area (Å²) in [5.74, 6) is 1.53. The Morgan fingerprint density at radius 2 is 1.86 bits per heavy atom. The zero-order chi connectivity index (χ0) is 15.8. The van der Waals surface area contributed by atoms with Gasteiger partial charge in [-0.05, 0) is 19.9 Å². The van der Waals surface area contributed by atoms with E-state index < -0.39 is 0 Å². The standard InChI is InChI=1S/C16H28N2O3/c1-12(2)18(8-9-19-3)11-15(17)14-7-6-13(20-4)10-16(14)21-5/h6-7,10,12,15H,8-9,11,17H2,1-5H3. The van der Waals surface area contributed by atoms with E-state index in [1.807, 2.05) is 18.2 Å². The lowest BCUT2D eigenvalue weighted by Gasteiger charge is -2.29. The number of ether oxygens (including phenoxy) is 3. The van der Waals surface area contributed by atoms with Gasteiger partial charge in [-0.25, -0.2) is 0 Å². The highest BCUT2D eigenvalue weighted by Crippen LogP contribution is 2.29. The molecular weight excluding hydrogens is 268 g/mol. The fourth-order valence-corrected chi connectivity index (χ4v) is 2.24. The monoisotopic (exact) mass is 296 g/mol. The minimum Gasteiger partial charge on any atom is -0.497 e. The first-order chi connectivity index (χ1) is 10.0. The second kappa shape index (κ2) is 8.87. The molecule has 0 saturated carbocycles. The van der Waals surface area contributed by atoms with E-state index in [9.17, 15) is 0 Å². The molecule has 1 rings (SSSR count). The van der Waals surface area contributed by atoms with Crippen LogP contribution in [-0.2, 0) is 4.74 Å². The van der Waals surface area contributed by atoms with Crippen LogP contribution in [0, 0.1) is 0 Å². The molecule has 0 aliphatic rings. The van der Waals surface area contributed by atoms with Crippen LogP contribution >= 0.6 is 0 Å². The maximum Gasteiger partial charge on any atom is 0.127 e. The van der Waals surface area contributed by atoms with Crippen molar-refractivity contribution < 1.29 is 14.2 Å². The van der Waals surface area contributed by atoms with Gasteiger partial charge in [0.05, 0.1) is 20.8 Å². The molecule has 0 aliphatic carbocycles. The quantitative estimate of drug-likeness (QED) is 0.756. The smallest absolute Gasteiger partial charge is 0.127 e. The Bertz CT molecular complexity index is 424. The summed E-state index contributed by atoms with van der Waals surface area (Å²) in [6, 6.07) is 6.04. The van der Waals surface area contributed by atoms with Crippen molar-refractivity contribution in [3.63, 3.8) is 0 Å². The lowest BCUT2D eigenvalue weighted by molar-refractivity contribution is 0.124. The second-order valence-corrected chi connectivity index (χ2v) is 5.30. The molecular formula is C16H28N2O3. The largest absolute Gasteiger partial charge is 0.497 e. The van der Waals surface area contributed by atoms with Crippen LogP contribution < -0.4 is 15.2 Å². The van der Waals surface area contributed by atoms with Crippen LogP contribution in [0.3, 0.4) is 0 Å². The normalized spacial score (nSPS) is 12.8. The molecule has 1 atom stereocenters. The Labute approximate surface area is 128 Å². The molecule has 0 fully saturated rings. The van der Waals surface area contributed by atoms with Crippen LogP contribution in [0.25, 0.3) is 0 Å². The van der Waals surface area contributed by atoms with E-state index in [-0.39, 0.29) is 6.04 Å². The van der Waals surface area contributed by atoms with E-state index in [1.165, 1.54) is 0 Å². The Balaban J connectivity index is 2.83. The van der Waals surface area contributed by atoms with Gasteiger partial charge in [0.1, 0.15) is 11.5 Å². The lowest BCUT2D eigenvalue weighted by atomic mass is 10.0. The highest BCUT2D eigenvalue weighted by molar-refractivity contribution is 5.42. The number of benzene rings is 1. The molecule has 0 saturated heterocycles. The van der Waals surface area contributed by atoms with E-state index in [0.29, 0.717) is 12.6 Å². The fourth-order valence-electron chi connectivity index (χ4n) is 2.24. The van der Waals surface area contributed by atoms with Crippen LogP contribution in [0.4, 0.5) is 0 Å².